The highest BCUT2D eigenvalue weighted by Gasteiger charge is 2.14. The fourth-order valence-corrected chi connectivity index (χ4v) is 2.85. The first-order chi connectivity index (χ1) is 11.0. The van der Waals surface area contributed by atoms with Gasteiger partial charge in [0.05, 0.1) is 4.92 Å². The smallest absolute Gasteiger partial charge is 0.269 e. The molecule has 1 aliphatic rings. The molecule has 0 atom stereocenters. The number of rotatable bonds is 6. The SMILES string of the molecule is CC1CCN(CCCNC(=S)Nc2ccc([N+](=O)[O-])cc2)CC1. The number of nitrogens with zero attached hydrogens (tertiary/aromatic N) is 2. The zero-order valence-corrected chi connectivity index (χ0v) is 14.3. The number of hydrogen-bond donors (Lipinski definition) is 2. The van der Waals surface area contributed by atoms with Gasteiger partial charge in [0.2, 0.25) is 0 Å². The lowest BCUT2D eigenvalue weighted by Gasteiger charge is -2.30. The lowest BCUT2D eigenvalue weighted by Crippen LogP contribution is -2.36. The van der Waals surface area contributed by atoms with E-state index in [-0.39, 0.29) is 5.69 Å². The maximum atomic E-state index is 10.6. The highest BCUT2D eigenvalue weighted by atomic mass is 32.1. The minimum atomic E-state index is -0.415. The molecule has 0 amide bonds. The maximum absolute atomic E-state index is 10.6. The Kier molecular flexibility index (Phi) is 6.73. The van der Waals surface area contributed by atoms with Gasteiger partial charge in [0, 0.05) is 24.4 Å². The number of thiocarbonyl (C=S) groups is 1. The Morgan fingerprint density at radius 2 is 2.00 bits per heavy atom. The van der Waals surface area contributed by atoms with Crippen LogP contribution in [0.5, 0.6) is 0 Å². The molecule has 1 aromatic rings. The van der Waals surface area contributed by atoms with Crippen molar-refractivity contribution in [2.75, 3.05) is 31.5 Å². The van der Waals surface area contributed by atoms with Crippen LogP contribution in [0.15, 0.2) is 24.3 Å². The van der Waals surface area contributed by atoms with Crippen molar-refractivity contribution in [2.24, 2.45) is 5.92 Å². The molecule has 0 bridgehead atoms. The summed E-state index contributed by atoms with van der Waals surface area (Å²) in [5, 5.41) is 17.4. The Morgan fingerprint density at radius 1 is 1.35 bits per heavy atom. The Morgan fingerprint density at radius 3 is 2.61 bits per heavy atom. The second-order valence-electron chi connectivity index (χ2n) is 6.06. The van der Waals surface area contributed by atoms with Crippen LogP contribution in [0, 0.1) is 16.0 Å². The van der Waals surface area contributed by atoms with Gasteiger partial charge in [-0.25, -0.2) is 0 Å². The number of non-ortho nitro benzene ring substituents is 1. The first-order valence-corrected chi connectivity index (χ1v) is 8.47. The number of nitro groups is 1. The van der Waals surface area contributed by atoms with Gasteiger partial charge >= 0.3 is 0 Å². The van der Waals surface area contributed by atoms with Crippen molar-refractivity contribution in [1.29, 1.82) is 0 Å². The van der Waals surface area contributed by atoms with Crippen molar-refractivity contribution in [3.63, 3.8) is 0 Å². The van der Waals surface area contributed by atoms with Gasteiger partial charge in [-0.05, 0) is 69.2 Å². The van der Waals surface area contributed by atoms with E-state index in [1.165, 1.54) is 38.1 Å². The highest BCUT2D eigenvalue weighted by molar-refractivity contribution is 7.80. The summed E-state index contributed by atoms with van der Waals surface area (Å²) in [6, 6.07) is 6.23. The molecule has 1 aliphatic heterocycles. The van der Waals surface area contributed by atoms with Gasteiger partial charge in [-0.15, -0.1) is 0 Å². The van der Waals surface area contributed by atoms with Crippen molar-refractivity contribution in [3.8, 4) is 0 Å². The van der Waals surface area contributed by atoms with E-state index in [1.54, 1.807) is 12.1 Å². The van der Waals surface area contributed by atoms with Crippen LogP contribution in [0.2, 0.25) is 0 Å². The molecule has 0 aliphatic carbocycles. The van der Waals surface area contributed by atoms with E-state index in [1.807, 2.05) is 0 Å². The summed E-state index contributed by atoms with van der Waals surface area (Å²) < 4.78 is 0. The molecule has 6 nitrogen and oxygen atoms in total. The Labute approximate surface area is 142 Å². The molecule has 1 heterocycles. The molecule has 2 N–H and O–H groups in total. The molecule has 2 rings (SSSR count). The quantitative estimate of drug-likeness (QED) is 0.360. The molecule has 1 saturated heterocycles. The van der Waals surface area contributed by atoms with Crippen LogP contribution in [0.3, 0.4) is 0 Å². The maximum Gasteiger partial charge on any atom is 0.269 e. The fraction of sp³-hybridized carbons (Fsp3) is 0.562. The summed E-state index contributed by atoms with van der Waals surface area (Å²) in [4.78, 5) is 12.7. The van der Waals surface area contributed by atoms with Gasteiger partial charge in [0.1, 0.15) is 0 Å². The standard InChI is InChI=1S/C16H24N4O2S/c1-13-7-11-19(12-8-13)10-2-9-17-16(23)18-14-3-5-15(6-4-14)20(21)22/h3-6,13H,2,7-12H2,1H3,(H2,17,18,23). The van der Waals surface area contributed by atoms with Gasteiger partial charge in [-0.2, -0.15) is 0 Å². The molecule has 0 aromatic heterocycles. The molecule has 0 saturated carbocycles. The van der Waals surface area contributed by atoms with Crippen LogP contribution < -0.4 is 10.6 Å². The first-order valence-electron chi connectivity index (χ1n) is 8.06. The number of likely N-dealkylation sites (tertiary alicyclic amines) is 1. The molecular formula is C16H24N4O2S. The average molecular weight is 336 g/mol. The number of nitro benzene ring substituents is 1. The molecule has 1 fully saturated rings. The van der Waals surface area contributed by atoms with E-state index in [0.29, 0.717) is 5.11 Å². The van der Waals surface area contributed by atoms with Crippen molar-refractivity contribution in [3.05, 3.63) is 34.4 Å². The lowest BCUT2D eigenvalue weighted by molar-refractivity contribution is -0.384. The molecule has 0 radical (unpaired) electrons. The third-order valence-electron chi connectivity index (χ3n) is 4.15. The summed E-state index contributed by atoms with van der Waals surface area (Å²) in [5.74, 6) is 0.864. The molecular weight excluding hydrogens is 312 g/mol. The highest BCUT2D eigenvalue weighted by Crippen LogP contribution is 2.16. The number of benzene rings is 1. The fourth-order valence-electron chi connectivity index (χ4n) is 2.63. The summed E-state index contributed by atoms with van der Waals surface area (Å²) >= 11 is 5.24. The molecule has 7 heteroatoms. The third kappa shape index (κ3) is 6.11. The minimum absolute atomic E-state index is 0.0743. The van der Waals surface area contributed by atoms with Crippen LogP contribution in [-0.4, -0.2) is 41.1 Å². The normalized spacial score (nSPS) is 16.0. The first kappa shape index (κ1) is 17.6. The van der Waals surface area contributed by atoms with E-state index in [2.05, 4.69) is 22.5 Å². The van der Waals surface area contributed by atoms with Gasteiger partial charge in [0.15, 0.2) is 5.11 Å². The van der Waals surface area contributed by atoms with Gasteiger partial charge in [-0.1, -0.05) is 6.92 Å². The summed E-state index contributed by atoms with van der Waals surface area (Å²) in [6.07, 6.45) is 3.65. The largest absolute Gasteiger partial charge is 0.362 e. The Balaban J connectivity index is 1.62. The second kappa shape index (κ2) is 8.79. The van der Waals surface area contributed by atoms with E-state index in [9.17, 15) is 10.1 Å². The molecule has 126 valence electrons. The number of hydrogen-bond acceptors (Lipinski definition) is 4. The van der Waals surface area contributed by atoms with Crippen molar-refractivity contribution >= 4 is 28.7 Å². The second-order valence-corrected chi connectivity index (χ2v) is 6.47. The summed E-state index contributed by atoms with van der Waals surface area (Å²) in [6.45, 7) is 6.64. The predicted molar refractivity (Wildman–Crippen MR) is 96.8 cm³/mol. The Bertz CT molecular complexity index is 527. The Hall–Kier alpha value is -1.73. The third-order valence-corrected chi connectivity index (χ3v) is 4.40. The lowest BCUT2D eigenvalue weighted by atomic mass is 9.99. The minimum Gasteiger partial charge on any atom is -0.362 e. The van der Waals surface area contributed by atoms with Gasteiger partial charge < -0.3 is 15.5 Å². The van der Waals surface area contributed by atoms with Crippen molar-refractivity contribution in [1.82, 2.24) is 10.2 Å². The molecule has 0 spiro atoms. The summed E-state index contributed by atoms with van der Waals surface area (Å²) in [5.41, 5.74) is 0.823. The van der Waals surface area contributed by atoms with Crippen molar-refractivity contribution in [2.45, 2.75) is 26.2 Å². The van der Waals surface area contributed by atoms with E-state index < -0.39 is 4.92 Å². The number of anilines is 1. The molecule has 0 unspecified atom stereocenters. The monoisotopic (exact) mass is 336 g/mol. The zero-order valence-electron chi connectivity index (χ0n) is 13.5. The molecule has 1 aromatic carbocycles. The van der Waals surface area contributed by atoms with Gasteiger partial charge in [0.25, 0.3) is 5.69 Å². The van der Waals surface area contributed by atoms with Crippen LogP contribution in [0.1, 0.15) is 26.2 Å². The van der Waals surface area contributed by atoms with Crippen molar-refractivity contribution < 1.29 is 4.92 Å². The molecule has 23 heavy (non-hydrogen) atoms. The average Bonchev–Trinajstić information content (AvgIpc) is 2.54. The zero-order chi connectivity index (χ0) is 16.7. The van der Waals surface area contributed by atoms with Crippen LogP contribution in [-0.2, 0) is 0 Å². The van der Waals surface area contributed by atoms with Crippen LogP contribution in [0.4, 0.5) is 11.4 Å². The van der Waals surface area contributed by atoms with Gasteiger partial charge in [-0.3, -0.25) is 10.1 Å². The van der Waals surface area contributed by atoms with Crippen LogP contribution in [0.25, 0.3) is 0 Å². The topological polar surface area (TPSA) is 70.4 Å². The van der Waals surface area contributed by atoms with E-state index in [4.69, 9.17) is 12.2 Å². The van der Waals surface area contributed by atoms with E-state index in [0.717, 1.165) is 31.1 Å². The van der Waals surface area contributed by atoms with Crippen LogP contribution >= 0.6 is 12.2 Å². The summed E-state index contributed by atoms with van der Waals surface area (Å²) in [7, 11) is 0. The predicted octanol–water partition coefficient (Wildman–Crippen LogP) is 3.00. The number of piperidine rings is 1. The number of nitrogens with one attached hydrogen (secondary N) is 2. The van der Waals surface area contributed by atoms with E-state index >= 15 is 0 Å².